The minimum atomic E-state index is -0.512. The van der Waals surface area contributed by atoms with Crippen molar-refractivity contribution in [2.75, 3.05) is 59.7 Å². The number of piperazine rings is 2. The summed E-state index contributed by atoms with van der Waals surface area (Å²) in [4.78, 5) is 42.4. The van der Waals surface area contributed by atoms with Crippen molar-refractivity contribution >= 4 is 40.7 Å². The van der Waals surface area contributed by atoms with Crippen LogP contribution in [0.2, 0.25) is 0 Å². The number of rotatable bonds is 0. The number of amides is 3. The summed E-state index contributed by atoms with van der Waals surface area (Å²) in [6.07, 6.45) is 0.630. The number of carbonyl (C=O) groups excluding carboxylic acids is 3. The molecule has 0 bridgehead atoms. The van der Waals surface area contributed by atoms with E-state index >= 15 is 0 Å². The number of ether oxygens (including phenoxy) is 1. The summed E-state index contributed by atoms with van der Waals surface area (Å²) in [5, 5.41) is 9.26. The monoisotopic (exact) mass is 534 g/mol. The van der Waals surface area contributed by atoms with Crippen LogP contribution in [0.4, 0.5) is 27.5 Å². The van der Waals surface area contributed by atoms with Gasteiger partial charge in [0.25, 0.3) is 0 Å². The van der Waals surface area contributed by atoms with Crippen LogP contribution >= 0.6 is 0 Å². The molecule has 2 fully saturated rings. The van der Waals surface area contributed by atoms with Gasteiger partial charge in [0.15, 0.2) is 0 Å². The molecule has 10 nitrogen and oxygen atoms in total. The fraction of sp³-hybridized carbons (Fsp3) is 0.483. The van der Waals surface area contributed by atoms with Gasteiger partial charge in [-0.2, -0.15) is 0 Å². The predicted octanol–water partition coefficient (Wildman–Crippen LogP) is 3.26. The van der Waals surface area contributed by atoms with Gasteiger partial charge in [-0.05, 0) is 45.0 Å². The van der Waals surface area contributed by atoms with Crippen molar-refractivity contribution < 1.29 is 19.1 Å². The van der Waals surface area contributed by atoms with E-state index in [1.807, 2.05) is 63.2 Å². The summed E-state index contributed by atoms with van der Waals surface area (Å²) in [5.74, 6) is 0.0969. The van der Waals surface area contributed by atoms with E-state index in [4.69, 9.17) is 4.74 Å². The summed E-state index contributed by atoms with van der Waals surface area (Å²) in [6, 6.07) is 16.1. The molecule has 0 saturated carbocycles. The lowest BCUT2D eigenvalue weighted by molar-refractivity contribution is -0.117. The molecule has 4 heterocycles. The van der Waals surface area contributed by atoms with E-state index in [0.717, 1.165) is 42.4 Å². The van der Waals surface area contributed by atoms with Crippen molar-refractivity contribution in [3.8, 4) is 0 Å². The predicted molar refractivity (Wildman–Crippen MR) is 152 cm³/mol. The number of benzene rings is 2. The summed E-state index contributed by atoms with van der Waals surface area (Å²) >= 11 is 0. The molecule has 39 heavy (non-hydrogen) atoms. The number of hydrogen-bond acceptors (Lipinski definition) is 7. The van der Waals surface area contributed by atoms with Crippen LogP contribution in [-0.2, 0) is 14.3 Å². The maximum absolute atomic E-state index is 12.3. The Labute approximate surface area is 229 Å². The molecular weight excluding hydrogens is 496 g/mol. The first-order chi connectivity index (χ1) is 18.7. The average molecular weight is 535 g/mol. The van der Waals surface area contributed by atoms with Gasteiger partial charge in [-0.25, -0.2) is 4.79 Å². The standard InChI is InChI=1S/C17H23N3O3.C12H15N3O/c1-17(2,3)23-16(22)19-8-9-20-12(11-19)10-15(21)18-13-6-4-5-7-14(13)20;16-12-7-9-8-13-5-6-15(9)11-4-2-1-3-10(11)14-12/h4-7,12H,8-11H2,1-3H3,(H,18,21);1-4,9,13H,5-8H2,(H,14,16). The zero-order valence-electron chi connectivity index (χ0n) is 22.9. The van der Waals surface area contributed by atoms with Crippen LogP contribution in [0.1, 0.15) is 33.6 Å². The van der Waals surface area contributed by atoms with Crippen molar-refractivity contribution in [2.45, 2.75) is 51.3 Å². The highest BCUT2D eigenvalue weighted by Crippen LogP contribution is 2.33. The molecular formula is C29H38N6O4. The second kappa shape index (κ2) is 11.1. The normalized spacial score (nSPS) is 22.3. The number of nitrogens with zero attached hydrogens (tertiary/aromatic N) is 3. The zero-order valence-corrected chi connectivity index (χ0v) is 22.9. The number of fused-ring (bicyclic) bond motifs is 6. The molecule has 0 spiro atoms. The maximum Gasteiger partial charge on any atom is 0.410 e. The van der Waals surface area contributed by atoms with Gasteiger partial charge >= 0.3 is 6.09 Å². The molecule has 2 aromatic carbocycles. The van der Waals surface area contributed by atoms with Gasteiger partial charge in [-0.1, -0.05) is 24.3 Å². The van der Waals surface area contributed by atoms with Crippen molar-refractivity contribution in [3.63, 3.8) is 0 Å². The fourth-order valence-corrected chi connectivity index (χ4v) is 5.59. The van der Waals surface area contributed by atoms with Crippen molar-refractivity contribution in [2.24, 2.45) is 0 Å². The summed E-state index contributed by atoms with van der Waals surface area (Å²) < 4.78 is 5.45. The lowest BCUT2D eigenvalue weighted by atomic mass is 10.1. The van der Waals surface area contributed by atoms with Crippen LogP contribution in [0.5, 0.6) is 0 Å². The van der Waals surface area contributed by atoms with Crippen LogP contribution in [-0.4, -0.2) is 79.8 Å². The van der Waals surface area contributed by atoms with Crippen LogP contribution in [0.15, 0.2) is 48.5 Å². The average Bonchev–Trinajstić information content (AvgIpc) is 3.13. The van der Waals surface area contributed by atoms with Crippen LogP contribution in [0.25, 0.3) is 0 Å². The van der Waals surface area contributed by atoms with Crippen molar-refractivity contribution in [1.29, 1.82) is 0 Å². The first-order valence-electron chi connectivity index (χ1n) is 13.7. The molecule has 4 aliphatic heterocycles. The van der Waals surface area contributed by atoms with Gasteiger partial charge in [0.2, 0.25) is 11.8 Å². The van der Waals surface area contributed by atoms with E-state index in [1.165, 1.54) is 0 Å². The molecule has 2 unspecified atom stereocenters. The van der Waals surface area contributed by atoms with Crippen LogP contribution in [0.3, 0.4) is 0 Å². The Morgan fingerprint density at radius 2 is 1.38 bits per heavy atom. The molecule has 2 saturated heterocycles. The number of anilines is 4. The second-order valence-corrected chi connectivity index (χ2v) is 11.4. The minimum Gasteiger partial charge on any atom is -0.444 e. The van der Waals surface area contributed by atoms with E-state index in [9.17, 15) is 14.4 Å². The first-order valence-corrected chi connectivity index (χ1v) is 13.7. The van der Waals surface area contributed by atoms with Gasteiger partial charge in [0.1, 0.15) is 5.60 Å². The third-order valence-electron chi connectivity index (χ3n) is 7.30. The van der Waals surface area contributed by atoms with E-state index in [2.05, 4.69) is 31.8 Å². The van der Waals surface area contributed by atoms with E-state index in [0.29, 0.717) is 32.5 Å². The molecule has 10 heteroatoms. The van der Waals surface area contributed by atoms with E-state index < -0.39 is 5.60 Å². The third-order valence-corrected chi connectivity index (χ3v) is 7.30. The van der Waals surface area contributed by atoms with Crippen LogP contribution < -0.4 is 25.8 Å². The number of carbonyl (C=O) groups is 3. The van der Waals surface area contributed by atoms with Crippen molar-refractivity contribution in [3.05, 3.63) is 48.5 Å². The Bertz CT molecular complexity index is 1230. The number of hydrogen-bond donors (Lipinski definition) is 3. The van der Waals surface area contributed by atoms with Gasteiger partial charge < -0.3 is 35.4 Å². The summed E-state index contributed by atoms with van der Waals surface area (Å²) in [5.41, 5.74) is 3.44. The molecule has 2 atom stereocenters. The smallest absolute Gasteiger partial charge is 0.410 e. The Morgan fingerprint density at radius 1 is 0.821 bits per heavy atom. The topological polar surface area (TPSA) is 106 Å². The highest BCUT2D eigenvalue weighted by Gasteiger charge is 2.36. The molecule has 3 amide bonds. The summed E-state index contributed by atoms with van der Waals surface area (Å²) in [6.45, 7) is 10.2. The highest BCUT2D eigenvalue weighted by atomic mass is 16.6. The van der Waals surface area contributed by atoms with Gasteiger partial charge in [-0.15, -0.1) is 0 Å². The van der Waals surface area contributed by atoms with Crippen LogP contribution in [0, 0.1) is 0 Å². The fourth-order valence-electron chi connectivity index (χ4n) is 5.59. The third kappa shape index (κ3) is 6.27. The SMILES string of the molecule is CC(C)(C)OC(=O)N1CCN2c3ccccc3NC(=O)CC2C1.O=C1CC2CNCCN2c2ccccc2N1. The lowest BCUT2D eigenvalue weighted by Crippen LogP contribution is -2.55. The van der Waals surface area contributed by atoms with E-state index in [-0.39, 0.29) is 30.0 Å². The summed E-state index contributed by atoms with van der Waals surface area (Å²) in [7, 11) is 0. The Balaban J connectivity index is 0.000000168. The Morgan fingerprint density at radius 3 is 2.00 bits per heavy atom. The van der Waals surface area contributed by atoms with Gasteiger partial charge in [-0.3, -0.25) is 9.59 Å². The quantitative estimate of drug-likeness (QED) is 0.476. The number of para-hydroxylation sites is 4. The molecule has 0 aliphatic carbocycles. The van der Waals surface area contributed by atoms with E-state index in [1.54, 1.807) is 4.90 Å². The van der Waals surface area contributed by atoms with Crippen molar-refractivity contribution in [1.82, 2.24) is 10.2 Å². The lowest BCUT2D eigenvalue weighted by Gasteiger charge is -2.42. The Kier molecular flexibility index (Phi) is 7.65. The number of nitrogens with one attached hydrogen (secondary N) is 3. The molecule has 3 N–H and O–H groups in total. The molecule has 0 aromatic heterocycles. The molecule has 4 aliphatic rings. The molecule has 6 rings (SSSR count). The molecule has 208 valence electrons. The van der Waals surface area contributed by atoms with Gasteiger partial charge in [0.05, 0.1) is 34.8 Å². The highest BCUT2D eigenvalue weighted by molar-refractivity contribution is 5.97. The zero-order chi connectivity index (χ0) is 27.6. The second-order valence-electron chi connectivity index (χ2n) is 11.4. The molecule has 0 radical (unpaired) electrons. The maximum atomic E-state index is 12.3. The molecule has 2 aromatic rings. The Hall–Kier alpha value is -3.79. The first kappa shape index (κ1) is 26.8. The largest absolute Gasteiger partial charge is 0.444 e. The minimum absolute atomic E-state index is 0.0176. The van der Waals surface area contributed by atoms with Gasteiger partial charge in [0, 0.05) is 52.1 Å².